The summed E-state index contributed by atoms with van der Waals surface area (Å²) in [5, 5.41) is 10.6. The van der Waals surface area contributed by atoms with Gasteiger partial charge in [-0.1, -0.05) is 36.4 Å². The third-order valence-corrected chi connectivity index (χ3v) is 6.10. The highest BCUT2D eigenvalue weighted by atomic mass is 16.5. The van der Waals surface area contributed by atoms with Gasteiger partial charge in [0.2, 0.25) is 17.7 Å². The summed E-state index contributed by atoms with van der Waals surface area (Å²) in [6.07, 6.45) is 1.04. The van der Waals surface area contributed by atoms with Crippen molar-refractivity contribution in [1.82, 2.24) is 15.5 Å². The fraction of sp³-hybridized carbons (Fsp3) is 0.435. The van der Waals surface area contributed by atoms with Crippen LogP contribution in [0.25, 0.3) is 10.8 Å². The van der Waals surface area contributed by atoms with E-state index in [4.69, 9.17) is 4.74 Å². The highest BCUT2D eigenvalue weighted by Crippen LogP contribution is 2.30. The maximum absolute atomic E-state index is 13.3. The molecule has 2 aliphatic rings. The highest BCUT2D eigenvalue weighted by Gasteiger charge is 2.45. The predicted octanol–water partition coefficient (Wildman–Crippen LogP) is 1.61. The zero-order valence-electron chi connectivity index (χ0n) is 17.8. The monoisotopic (exact) mass is 424 g/mol. The molecule has 2 aromatic carbocycles. The van der Waals surface area contributed by atoms with Crippen LogP contribution in [0.5, 0.6) is 0 Å². The molecule has 2 aromatic rings. The van der Waals surface area contributed by atoms with Gasteiger partial charge in [0.05, 0.1) is 12.6 Å². The van der Waals surface area contributed by atoms with Crippen molar-refractivity contribution in [2.75, 3.05) is 19.0 Å². The fourth-order valence-corrected chi connectivity index (χ4v) is 4.23. The number of nitrogens with zero attached hydrogens (tertiary/aromatic N) is 1. The molecule has 164 valence electrons. The minimum atomic E-state index is -0.709. The Hall–Kier alpha value is -2.97. The number of benzene rings is 2. The molecule has 3 N–H and O–H groups in total. The van der Waals surface area contributed by atoms with Gasteiger partial charge in [0.15, 0.2) is 0 Å². The lowest BCUT2D eigenvalue weighted by Crippen LogP contribution is -2.55. The van der Waals surface area contributed by atoms with Crippen LogP contribution >= 0.6 is 0 Å². The Kier molecular flexibility index (Phi) is 6.20. The molecule has 8 nitrogen and oxygen atoms in total. The summed E-state index contributed by atoms with van der Waals surface area (Å²) in [5.41, 5.74) is 0.711. The van der Waals surface area contributed by atoms with Crippen LogP contribution in [0.4, 0.5) is 5.69 Å². The molecule has 2 heterocycles. The van der Waals surface area contributed by atoms with Crippen molar-refractivity contribution in [3.8, 4) is 0 Å². The molecule has 0 saturated carbocycles. The minimum Gasteiger partial charge on any atom is -0.358 e. The summed E-state index contributed by atoms with van der Waals surface area (Å²) in [4.78, 5) is 40.3. The topological polar surface area (TPSA) is 99.8 Å². The molecule has 0 spiro atoms. The second kappa shape index (κ2) is 9.03. The van der Waals surface area contributed by atoms with E-state index in [0.717, 1.165) is 10.8 Å². The number of ether oxygens (including phenoxy) is 1. The highest BCUT2D eigenvalue weighted by molar-refractivity contribution is 6.05. The molecule has 2 aliphatic heterocycles. The Morgan fingerprint density at radius 1 is 1.10 bits per heavy atom. The van der Waals surface area contributed by atoms with Crippen LogP contribution in [0, 0.1) is 0 Å². The largest absolute Gasteiger partial charge is 0.358 e. The van der Waals surface area contributed by atoms with Crippen LogP contribution in [-0.4, -0.2) is 60.6 Å². The third kappa shape index (κ3) is 4.26. The number of hydrogen-bond acceptors (Lipinski definition) is 5. The molecule has 0 aromatic heterocycles. The lowest BCUT2D eigenvalue weighted by molar-refractivity contribution is -0.147. The quantitative estimate of drug-likeness (QED) is 0.677. The summed E-state index contributed by atoms with van der Waals surface area (Å²) in [6, 6.07) is 11.8. The van der Waals surface area contributed by atoms with Gasteiger partial charge < -0.3 is 25.6 Å². The SMILES string of the molecule is CNC(C)C(=O)NC1CCO[C@H]2CCC(C(=O)Nc3cccc4ccccc34)N2C1=O. The van der Waals surface area contributed by atoms with Gasteiger partial charge in [-0.25, -0.2) is 0 Å². The number of amides is 3. The van der Waals surface area contributed by atoms with Crippen LogP contribution < -0.4 is 16.0 Å². The number of carbonyl (C=O) groups excluding carboxylic acids is 3. The van der Waals surface area contributed by atoms with E-state index in [9.17, 15) is 14.4 Å². The second-order valence-corrected chi connectivity index (χ2v) is 8.04. The molecule has 4 atom stereocenters. The lowest BCUT2D eigenvalue weighted by atomic mass is 10.1. The van der Waals surface area contributed by atoms with Crippen LogP contribution in [0.1, 0.15) is 26.2 Å². The van der Waals surface area contributed by atoms with Crippen molar-refractivity contribution in [2.24, 2.45) is 0 Å². The number of fused-ring (bicyclic) bond motifs is 2. The second-order valence-electron chi connectivity index (χ2n) is 8.04. The zero-order chi connectivity index (χ0) is 22.0. The van der Waals surface area contributed by atoms with Gasteiger partial charge in [-0.2, -0.15) is 0 Å². The number of hydrogen-bond donors (Lipinski definition) is 3. The van der Waals surface area contributed by atoms with Gasteiger partial charge in [0.1, 0.15) is 18.3 Å². The Morgan fingerprint density at radius 3 is 2.68 bits per heavy atom. The zero-order valence-corrected chi connectivity index (χ0v) is 17.8. The van der Waals surface area contributed by atoms with Gasteiger partial charge in [0, 0.05) is 17.5 Å². The van der Waals surface area contributed by atoms with Crippen molar-refractivity contribution >= 4 is 34.2 Å². The number of nitrogens with one attached hydrogen (secondary N) is 3. The molecule has 0 radical (unpaired) electrons. The smallest absolute Gasteiger partial charge is 0.247 e. The van der Waals surface area contributed by atoms with Gasteiger partial charge >= 0.3 is 0 Å². The van der Waals surface area contributed by atoms with Crippen LogP contribution in [0.2, 0.25) is 0 Å². The van der Waals surface area contributed by atoms with Gasteiger partial charge in [0.25, 0.3) is 0 Å². The van der Waals surface area contributed by atoms with Crippen molar-refractivity contribution in [3.05, 3.63) is 42.5 Å². The van der Waals surface area contributed by atoms with E-state index in [1.807, 2.05) is 42.5 Å². The van der Waals surface area contributed by atoms with E-state index in [2.05, 4.69) is 16.0 Å². The van der Waals surface area contributed by atoms with Gasteiger partial charge in [-0.3, -0.25) is 14.4 Å². The van der Waals surface area contributed by atoms with Gasteiger partial charge in [-0.05, 0) is 38.3 Å². The Labute approximate surface area is 181 Å². The number of likely N-dealkylation sites (N-methyl/N-ethyl adjacent to an activating group) is 1. The van der Waals surface area contributed by atoms with Gasteiger partial charge in [-0.15, -0.1) is 0 Å². The fourth-order valence-electron chi connectivity index (χ4n) is 4.23. The third-order valence-electron chi connectivity index (χ3n) is 6.10. The average molecular weight is 425 g/mol. The van der Waals surface area contributed by atoms with Crippen molar-refractivity contribution in [1.29, 1.82) is 0 Å². The first-order chi connectivity index (χ1) is 15.0. The molecular formula is C23H28N4O4. The maximum Gasteiger partial charge on any atom is 0.247 e. The van der Waals surface area contributed by atoms with E-state index >= 15 is 0 Å². The van der Waals surface area contributed by atoms with E-state index in [-0.39, 0.29) is 17.7 Å². The van der Waals surface area contributed by atoms with E-state index in [1.165, 1.54) is 4.90 Å². The summed E-state index contributed by atoms with van der Waals surface area (Å²) in [6.45, 7) is 2.08. The molecule has 8 heteroatoms. The lowest BCUT2D eigenvalue weighted by Gasteiger charge is -2.30. The average Bonchev–Trinajstić information content (AvgIpc) is 3.15. The molecule has 0 bridgehead atoms. The summed E-state index contributed by atoms with van der Waals surface area (Å²) in [5.74, 6) is -0.767. The number of carbonyl (C=O) groups is 3. The molecular weight excluding hydrogens is 396 g/mol. The first-order valence-corrected chi connectivity index (χ1v) is 10.7. The Bertz CT molecular complexity index is 989. The molecule has 3 amide bonds. The molecule has 2 fully saturated rings. The normalized spacial score (nSPS) is 24.4. The van der Waals surface area contributed by atoms with E-state index in [0.29, 0.717) is 31.6 Å². The molecule has 4 rings (SSSR count). The predicted molar refractivity (Wildman–Crippen MR) is 117 cm³/mol. The first kappa shape index (κ1) is 21.3. The van der Waals surface area contributed by atoms with E-state index < -0.39 is 24.4 Å². The summed E-state index contributed by atoms with van der Waals surface area (Å²) < 4.78 is 5.85. The molecule has 2 saturated heterocycles. The summed E-state index contributed by atoms with van der Waals surface area (Å²) in [7, 11) is 1.69. The molecule has 3 unspecified atom stereocenters. The molecule has 31 heavy (non-hydrogen) atoms. The molecule has 0 aliphatic carbocycles. The number of rotatable bonds is 5. The number of anilines is 1. The van der Waals surface area contributed by atoms with Crippen molar-refractivity contribution in [3.63, 3.8) is 0 Å². The van der Waals surface area contributed by atoms with Crippen LogP contribution in [-0.2, 0) is 19.1 Å². The van der Waals surface area contributed by atoms with E-state index in [1.54, 1.807) is 14.0 Å². The summed E-state index contributed by atoms with van der Waals surface area (Å²) >= 11 is 0. The Morgan fingerprint density at radius 2 is 1.87 bits per heavy atom. The van der Waals surface area contributed by atoms with Crippen molar-refractivity contribution in [2.45, 2.75) is 50.5 Å². The minimum absolute atomic E-state index is 0.244. The standard InChI is InChI=1S/C23H28N4O4/c1-14(24-2)21(28)26-18-12-13-31-20-11-10-19(27(20)23(18)30)22(29)25-17-9-5-7-15-6-3-4-8-16(15)17/h3-9,14,18-20,24H,10-13H2,1-2H3,(H,25,29)(H,26,28)/t14?,18?,19?,20-/m0/s1. The van der Waals surface area contributed by atoms with Crippen molar-refractivity contribution < 1.29 is 19.1 Å². The first-order valence-electron chi connectivity index (χ1n) is 10.7. The van der Waals surface area contributed by atoms with Crippen LogP contribution in [0.15, 0.2) is 42.5 Å². The van der Waals surface area contributed by atoms with Crippen LogP contribution in [0.3, 0.4) is 0 Å². The Balaban J connectivity index is 1.53. The maximum atomic E-state index is 13.3.